The zero-order valence-electron chi connectivity index (χ0n) is 18.7. The minimum absolute atomic E-state index is 0.0596. The maximum Gasteiger partial charge on any atom is 0.330 e. The maximum absolute atomic E-state index is 13.1. The van der Waals surface area contributed by atoms with Crippen LogP contribution in [0, 0.1) is 0 Å². The van der Waals surface area contributed by atoms with Gasteiger partial charge in [0.05, 0.1) is 0 Å². The summed E-state index contributed by atoms with van der Waals surface area (Å²) in [6, 6.07) is 16.0. The number of nitrogens with zero attached hydrogens (tertiary/aromatic N) is 1. The molecule has 4 rings (SSSR count). The molecule has 9 nitrogen and oxygen atoms in total. The van der Waals surface area contributed by atoms with Gasteiger partial charge in [-0.15, -0.1) is 11.8 Å². The van der Waals surface area contributed by atoms with Crippen LogP contribution in [0.2, 0.25) is 0 Å². The van der Waals surface area contributed by atoms with E-state index in [1.165, 1.54) is 16.7 Å². The van der Waals surface area contributed by atoms with Crippen LogP contribution in [0.25, 0.3) is 0 Å². The number of carbonyl (C=O) groups is 4. The maximum atomic E-state index is 13.1. The Morgan fingerprint density at radius 2 is 1.74 bits per heavy atom. The van der Waals surface area contributed by atoms with Crippen molar-refractivity contribution in [3.63, 3.8) is 0 Å². The Hall–Kier alpha value is -3.53. The molecule has 0 aromatic heterocycles. The van der Waals surface area contributed by atoms with Gasteiger partial charge in [0.1, 0.15) is 18.4 Å². The highest BCUT2D eigenvalue weighted by Crippen LogP contribution is 2.57. The van der Waals surface area contributed by atoms with E-state index < -0.39 is 39.6 Å². The number of nitrogens with one attached hydrogen (secondary N) is 2. The first-order valence-electron chi connectivity index (χ1n) is 10.7. The molecule has 2 heterocycles. The molecule has 178 valence electrons. The standard InChI is InChI=1S/C24H25N3O6S/c1-23(2)20(22(31)33-13-16-9-5-3-6-10-16)27-21(30)19(24(27,34-23)25-15-28)26-18(29)14-32-17-11-7-4-8-12-17/h3-12,15,19-20H,13-14H2,1-2H3,(H,25,28)(H,26,29)/t19-,20+,24?/m1/s1. The Balaban J connectivity index is 1.46. The van der Waals surface area contributed by atoms with Gasteiger partial charge in [0.15, 0.2) is 17.6 Å². The molecule has 1 unspecified atom stereocenters. The molecular formula is C24H25N3O6S. The third-order valence-electron chi connectivity index (χ3n) is 5.70. The first-order valence-corrected chi connectivity index (χ1v) is 11.5. The molecule has 3 atom stereocenters. The van der Waals surface area contributed by atoms with E-state index >= 15 is 0 Å². The van der Waals surface area contributed by atoms with Crippen LogP contribution in [0.1, 0.15) is 19.4 Å². The minimum Gasteiger partial charge on any atom is -0.484 e. The Bertz CT molecular complexity index is 1080. The molecule has 34 heavy (non-hydrogen) atoms. The molecule has 2 aliphatic heterocycles. The van der Waals surface area contributed by atoms with Gasteiger partial charge in [-0.1, -0.05) is 48.5 Å². The normalized spacial score (nSPS) is 24.4. The molecule has 2 aromatic carbocycles. The van der Waals surface area contributed by atoms with Crippen molar-refractivity contribution < 1.29 is 28.7 Å². The van der Waals surface area contributed by atoms with Gasteiger partial charge in [0.2, 0.25) is 6.41 Å². The number of para-hydroxylation sites is 1. The van der Waals surface area contributed by atoms with Gasteiger partial charge in [-0.2, -0.15) is 0 Å². The lowest BCUT2D eigenvalue weighted by atomic mass is 9.93. The topological polar surface area (TPSA) is 114 Å². The van der Waals surface area contributed by atoms with Gasteiger partial charge in [0, 0.05) is 4.75 Å². The fraction of sp³-hybridized carbons (Fsp3) is 0.333. The second-order valence-electron chi connectivity index (χ2n) is 8.47. The van der Waals surface area contributed by atoms with Crippen LogP contribution < -0.4 is 15.4 Å². The summed E-state index contributed by atoms with van der Waals surface area (Å²) in [6.45, 7) is 3.35. The lowest BCUT2D eigenvalue weighted by Gasteiger charge is -2.52. The van der Waals surface area contributed by atoms with Crippen LogP contribution in [0.15, 0.2) is 60.7 Å². The second-order valence-corrected chi connectivity index (χ2v) is 10.3. The minimum atomic E-state index is -1.30. The van der Waals surface area contributed by atoms with Gasteiger partial charge >= 0.3 is 5.97 Å². The predicted molar refractivity (Wildman–Crippen MR) is 124 cm³/mol. The average Bonchev–Trinajstić information content (AvgIpc) is 3.05. The van der Waals surface area contributed by atoms with E-state index in [4.69, 9.17) is 9.47 Å². The number of amides is 3. The molecular weight excluding hydrogens is 458 g/mol. The van der Waals surface area contributed by atoms with Crippen molar-refractivity contribution in [3.05, 3.63) is 66.2 Å². The Kier molecular flexibility index (Phi) is 6.52. The van der Waals surface area contributed by atoms with Gasteiger partial charge in [-0.25, -0.2) is 4.79 Å². The molecule has 0 aliphatic carbocycles. The number of hydrogen-bond donors (Lipinski definition) is 2. The van der Waals surface area contributed by atoms with E-state index in [2.05, 4.69) is 10.6 Å². The number of esters is 1. The summed E-state index contributed by atoms with van der Waals surface area (Å²) in [5.74, 6) is -1.08. The zero-order chi connectivity index (χ0) is 24.3. The van der Waals surface area contributed by atoms with Crippen molar-refractivity contribution in [1.82, 2.24) is 15.5 Å². The van der Waals surface area contributed by atoms with E-state index in [1.807, 2.05) is 36.4 Å². The van der Waals surface area contributed by atoms with E-state index in [1.54, 1.807) is 38.1 Å². The Labute approximate surface area is 201 Å². The lowest BCUT2D eigenvalue weighted by Crippen LogP contribution is -2.82. The molecule has 0 saturated carbocycles. The summed E-state index contributed by atoms with van der Waals surface area (Å²) in [5.41, 5.74) is 0.815. The average molecular weight is 484 g/mol. The smallest absolute Gasteiger partial charge is 0.330 e. The third-order valence-corrected chi connectivity index (χ3v) is 7.31. The summed E-state index contributed by atoms with van der Waals surface area (Å²) in [7, 11) is 0. The molecule has 0 spiro atoms. The largest absolute Gasteiger partial charge is 0.484 e. The van der Waals surface area contributed by atoms with Crippen LogP contribution >= 0.6 is 11.8 Å². The molecule has 0 radical (unpaired) electrons. The van der Waals surface area contributed by atoms with Gasteiger partial charge < -0.3 is 20.1 Å². The Morgan fingerprint density at radius 1 is 1.09 bits per heavy atom. The highest BCUT2D eigenvalue weighted by Gasteiger charge is 2.74. The lowest BCUT2D eigenvalue weighted by molar-refractivity contribution is -0.174. The van der Waals surface area contributed by atoms with Crippen LogP contribution in [0.3, 0.4) is 0 Å². The Morgan fingerprint density at radius 3 is 2.38 bits per heavy atom. The van der Waals surface area contributed by atoms with Crippen molar-refractivity contribution >= 4 is 36.0 Å². The number of rotatable bonds is 9. The van der Waals surface area contributed by atoms with Gasteiger partial charge in [-0.3, -0.25) is 19.3 Å². The summed E-state index contributed by atoms with van der Waals surface area (Å²) in [4.78, 5) is 50.1. The van der Waals surface area contributed by atoms with Crippen molar-refractivity contribution in [2.45, 2.75) is 42.3 Å². The number of carbonyl (C=O) groups excluding carboxylic acids is 4. The number of fused-ring (bicyclic) bond motifs is 1. The van der Waals surface area contributed by atoms with E-state index in [-0.39, 0.29) is 13.2 Å². The molecule has 2 N–H and O–H groups in total. The number of thioether (sulfide) groups is 1. The first-order chi connectivity index (χ1) is 16.3. The number of ether oxygens (including phenoxy) is 2. The number of benzene rings is 2. The molecule has 3 amide bonds. The number of β-lactam (4-membered cyclic amide) rings is 1. The van der Waals surface area contributed by atoms with Gasteiger partial charge in [-0.05, 0) is 31.5 Å². The van der Waals surface area contributed by atoms with Crippen molar-refractivity contribution in [2.75, 3.05) is 6.61 Å². The van der Waals surface area contributed by atoms with Crippen molar-refractivity contribution in [1.29, 1.82) is 0 Å². The van der Waals surface area contributed by atoms with E-state index in [0.29, 0.717) is 12.2 Å². The molecule has 10 heteroatoms. The van der Waals surface area contributed by atoms with Crippen LogP contribution in [0.5, 0.6) is 5.75 Å². The zero-order valence-corrected chi connectivity index (χ0v) is 19.5. The van der Waals surface area contributed by atoms with Gasteiger partial charge in [0.25, 0.3) is 11.8 Å². The highest BCUT2D eigenvalue weighted by atomic mass is 32.2. The monoisotopic (exact) mass is 483 g/mol. The highest BCUT2D eigenvalue weighted by molar-refractivity contribution is 8.02. The van der Waals surface area contributed by atoms with Crippen LogP contribution in [0.4, 0.5) is 0 Å². The van der Waals surface area contributed by atoms with E-state index in [9.17, 15) is 19.2 Å². The van der Waals surface area contributed by atoms with Crippen LogP contribution in [-0.4, -0.2) is 57.5 Å². The fourth-order valence-corrected chi connectivity index (χ4v) is 6.02. The quantitative estimate of drug-likeness (QED) is 0.315. The molecule has 2 fully saturated rings. The molecule has 2 aliphatic rings. The molecule has 0 bridgehead atoms. The third kappa shape index (κ3) is 4.33. The summed E-state index contributed by atoms with van der Waals surface area (Å²) < 4.78 is 10.2. The summed E-state index contributed by atoms with van der Waals surface area (Å²) >= 11 is 1.22. The molecule has 2 aromatic rings. The van der Waals surface area contributed by atoms with Crippen molar-refractivity contribution in [3.8, 4) is 5.75 Å². The predicted octanol–water partition coefficient (Wildman–Crippen LogP) is 1.43. The van der Waals surface area contributed by atoms with Crippen molar-refractivity contribution in [2.24, 2.45) is 0 Å². The summed E-state index contributed by atoms with van der Waals surface area (Å²) in [6.07, 6.45) is 0.458. The first kappa shape index (κ1) is 23.6. The summed E-state index contributed by atoms with van der Waals surface area (Å²) in [5, 5.41) is 5.29. The second kappa shape index (κ2) is 9.38. The number of hydrogen-bond acceptors (Lipinski definition) is 7. The SMILES string of the molecule is CC1(C)SC2(NC=O)[C@H](NC(=O)COc3ccccc3)C(=O)N2[C@H]1C(=O)OCc1ccccc1. The van der Waals surface area contributed by atoms with E-state index in [0.717, 1.165) is 5.56 Å². The fourth-order valence-electron chi connectivity index (χ4n) is 4.23. The van der Waals surface area contributed by atoms with Crippen LogP contribution in [-0.2, 0) is 30.5 Å². The molecule has 2 saturated heterocycles.